The van der Waals surface area contributed by atoms with Gasteiger partial charge in [0.05, 0.1) is 32.0 Å². The van der Waals surface area contributed by atoms with Crippen LogP contribution in [0.1, 0.15) is 162 Å². The zero-order valence-electron chi connectivity index (χ0n) is 38.6. The Balaban J connectivity index is 1.86. The van der Waals surface area contributed by atoms with Crippen molar-refractivity contribution < 1.29 is 64.6 Å². The van der Waals surface area contributed by atoms with Crippen LogP contribution in [0.25, 0.3) is 0 Å². The Morgan fingerprint density at radius 3 is 1.68 bits per heavy atom. The van der Waals surface area contributed by atoms with Gasteiger partial charge in [-0.3, -0.25) is 4.79 Å². The summed E-state index contributed by atoms with van der Waals surface area (Å²) in [5, 5.41) is 86.7. The van der Waals surface area contributed by atoms with Crippen molar-refractivity contribution in [1.82, 2.24) is 5.32 Å². The van der Waals surface area contributed by atoms with Gasteiger partial charge in [0.1, 0.15) is 48.8 Å². The van der Waals surface area contributed by atoms with Gasteiger partial charge in [-0.05, 0) is 51.4 Å². The van der Waals surface area contributed by atoms with Crippen molar-refractivity contribution >= 4 is 5.91 Å². The fourth-order valence-electron chi connectivity index (χ4n) is 7.81. The lowest BCUT2D eigenvalue weighted by molar-refractivity contribution is -0.359. The van der Waals surface area contributed by atoms with E-state index in [-0.39, 0.29) is 18.9 Å². The van der Waals surface area contributed by atoms with Gasteiger partial charge in [0.15, 0.2) is 12.6 Å². The lowest BCUT2D eigenvalue weighted by Crippen LogP contribution is -2.65. The topological polar surface area (TPSA) is 228 Å². The molecule has 2 heterocycles. The van der Waals surface area contributed by atoms with Crippen molar-refractivity contribution in [2.75, 3.05) is 19.8 Å². The van der Waals surface area contributed by atoms with Crippen LogP contribution in [0.4, 0.5) is 0 Å². The van der Waals surface area contributed by atoms with Gasteiger partial charge in [-0.25, -0.2) is 0 Å². The lowest BCUT2D eigenvalue weighted by atomic mass is 9.97. The Hall–Kier alpha value is -2.05. The van der Waals surface area contributed by atoms with Gasteiger partial charge in [-0.1, -0.05) is 152 Å². The minimum absolute atomic E-state index is 0.234. The van der Waals surface area contributed by atoms with Crippen LogP contribution in [0.2, 0.25) is 0 Å². The molecule has 0 saturated carbocycles. The van der Waals surface area contributed by atoms with Crippen LogP contribution in [0.5, 0.6) is 0 Å². The van der Waals surface area contributed by atoms with Crippen molar-refractivity contribution in [3.63, 3.8) is 0 Å². The molecule has 2 aliphatic rings. The number of carbonyl (C=O) groups excluding carboxylic acids is 1. The van der Waals surface area contributed by atoms with Crippen LogP contribution >= 0.6 is 0 Å². The number of ether oxygens (including phenoxy) is 4. The molecule has 0 aromatic carbocycles. The lowest BCUT2D eigenvalue weighted by Gasteiger charge is -2.46. The maximum atomic E-state index is 13.2. The molecule has 0 bridgehead atoms. The van der Waals surface area contributed by atoms with Crippen molar-refractivity contribution in [2.45, 2.75) is 235 Å². The zero-order valence-corrected chi connectivity index (χ0v) is 38.6. The number of rotatable bonds is 36. The molecule has 0 radical (unpaired) electrons. The number of hydrogen-bond donors (Lipinski definition) is 9. The summed E-state index contributed by atoms with van der Waals surface area (Å²) in [5.74, 6) is -0.234. The first-order valence-corrected chi connectivity index (χ1v) is 24.4. The van der Waals surface area contributed by atoms with Gasteiger partial charge < -0.3 is 65.1 Å². The second-order valence-electron chi connectivity index (χ2n) is 17.2. The van der Waals surface area contributed by atoms with Gasteiger partial charge in [-0.15, -0.1) is 0 Å². The molecule has 366 valence electrons. The molecular formula is C49H87NO13. The summed E-state index contributed by atoms with van der Waals surface area (Å²) in [6.07, 6.45) is 24.0. The van der Waals surface area contributed by atoms with E-state index in [9.17, 15) is 45.6 Å². The molecule has 63 heavy (non-hydrogen) atoms. The molecule has 0 aliphatic carbocycles. The van der Waals surface area contributed by atoms with Gasteiger partial charge in [0, 0.05) is 6.42 Å². The number of unbranched alkanes of at least 4 members (excludes halogenated alkanes) is 15. The Bertz CT molecular complexity index is 1250. The number of carbonyl (C=O) groups is 1. The summed E-state index contributed by atoms with van der Waals surface area (Å²) < 4.78 is 22.7. The summed E-state index contributed by atoms with van der Waals surface area (Å²) >= 11 is 0. The molecule has 12 atom stereocenters. The monoisotopic (exact) mass is 898 g/mol. The van der Waals surface area contributed by atoms with Gasteiger partial charge in [0.2, 0.25) is 5.91 Å². The quantitative estimate of drug-likeness (QED) is 0.0272. The summed E-state index contributed by atoms with van der Waals surface area (Å²) in [4.78, 5) is 13.2. The highest BCUT2D eigenvalue weighted by Gasteiger charge is 2.51. The normalized spacial score (nSPS) is 27.9. The third-order valence-electron chi connectivity index (χ3n) is 11.8. The zero-order chi connectivity index (χ0) is 46.1. The van der Waals surface area contributed by atoms with Crippen LogP contribution in [0, 0.1) is 0 Å². The average Bonchev–Trinajstić information content (AvgIpc) is 3.28. The summed E-state index contributed by atoms with van der Waals surface area (Å²) in [6.45, 7) is 2.69. The fourth-order valence-corrected chi connectivity index (χ4v) is 7.81. The van der Waals surface area contributed by atoms with Gasteiger partial charge in [-0.2, -0.15) is 0 Å². The van der Waals surface area contributed by atoms with Crippen LogP contribution in [-0.2, 0) is 23.7 Å². The first-order chi connectivity index (χ1) is 30.6. The Kier molecular flexibility index (Phi) is 32.7. The van der Waals surface area contributed by atoms with Gasteiger partial charge >= 0.3 is 0 Å². The highest BCUT2D eigenvalue weighted by Crippen LogP contribution is 2.30. The maximum Gasteiger partial charge on any atom is 0.220 e. The molecule has 2 fully saturated rings. The number of aliphatic hydroxyl groups excluding tert-OH is 8. The largest absolute Gasteiger partial charge is 0.394 e. The summed E-state index contributed by atoms with van der Waals surface area (Å²) in [6, 6.07) is -0.841. The van der Waals surface area contributed by atoms with E-state index in [0.29, 0.717) is 12.8 Å². The Labute approximate surface area is 378 Å². The number of aliphatic hydroxyl groups is 8. The van der Waals surface area contributed by atoms with Crippen molar-refractivity contribution in [2.24, 2.45) is 0 Å². The maximum absolute atomic E-state index is 13.2. The second-order valence-corrected chi connectivity index (χ2v) is 17.2. The van der Waals surface area contributed by atoms with Crippen molar-refractivity contribution in [3.05, 3.63) is 48.6 Å². The minimum atomic E-state index is -1.78. The van der Waals surface area contributed by atoms with E-state index >= 15 is 0 Å². The van der Waals surface area contributed by atoms with E-state index in [1.54, 1.807) is 0 Å². The number of allylic oxidation sites excluding steroid dienone is 8. The van der Waals surface area contributed by atoms with Crippen molar-refractivity contribution in [1.29, 1.82) is 0 Å². The number of nitrogens with one attached hydrogen (secondary N) is 1. The third-order valence-corrected chi connectivity index (χ3v) is 11.8. The van der Waals surface area contributed by atoms with Crippen LogP contribution in [-0.4, -0.2) is 140 Å². The molecular weight excluding hydrogens is 811 g/mol. The van der Waals surface area contributed by atoms with Crippen LogP contribution in [0.15, 0.2) is 48.6 Å². The molecule has 2 aliphatic heterocycles. The fraction of sp³-hybridized carbons (Fsp3) is 0.816. The van der Waals surface area contributed by atoms with Crippen LogP contribution < -0.4 is 5.32 Å². The Morgan fingerprint density at radius 2 is 1.10 bits per heavy atom. The predicted molar refractivity (Wildman–Crippen MR) is 244 cm³/mol. The molecule has 9 N–H and O–H groups in total. The number of amides is 1. The standard InChI is InChI=1S/C49H87NO13/c1-3-5-7-9-11-13-15-17-18-19-20-21-23-25-27-29-31-33-41(54)50-37(38(53)32-30-28-26-24-22-16-14-12-10-8-6-4-2)36-60-48-46(59)44(57)47(40(35-52)62-48)63-49-45(58)43(56)42(55)39(34-51)61-49/h5,7,11,13,17-18,20-21,37-40,42-49,51-53,55-59H,3-4,6,8-10,12,14-16,19,22-36H2,1-2H3,(H,50,54)/b7-5-,13-11-,18-17-,21-20-. The summed E-state index contributed by atoms with van der Waals surface area (Å²) in [7, 11) is 0. The average molecular weight is 898 g/mol. The SMILES string of the molecule is CC/C=C\C/C=C\C/C=C\C/C=C\CCCCCCC(=O)NC(COC1OC(CO)C(OC2OC(CO)C(O)C(O)C2O)C(O)C1O)C(O)CCCCCCCCCCCCCC. The minimum Gasteiger partial charge on any atom is -0.394 e. The second kappa shape index (κ2) is 36.1. The first kappa shape index (κ1) is 57.1. The van der Waals surface area contributed by atoms with E-state index in [1.807, 2.05) is 0 Å². The molecule has 0 spiro atoms. The van der Waals surface area contributed by atoms with E-state index in [0.717, 1.165) is 77.0 Å². The highest BCUT2D eigenvalue weighted by atomic mass is 16.7. The first-order valence-electron chi connectivity index (χ1n) is 24.4. The smallest absolute Gasteiger partial charge is 0.220 e. The highest BCUT2D eigenvalue weighted by molar-refractivity contribution is 5.76. The number of hydrogen-bond acceptors (Lipinski definition) is 13. The molecule has 1 amide bonds. The third kappa shape index (κ3) is 23.8. The molecule has 0 aromatic rings. The molecule has 2 rings (SSSR count). The van der Waals surface area contributed by atoms with Crippen LogP contribution in [0.3, 0.4) is 0 Å². The summed E-state index contributed by atoms with van der Waals surface area (Å²) in [5.41, 5.74) is 0. The van der Waals surface area contributed by atoms with E-state index in [2.05, 4.69) is 67.8 Å². The predicted octanol–water partition coefficient (Wildman–Crippen LogP) is 5.71. The van der Waals surface area contributed by atoms with E-state index in [1.165, 1.54) is 51.4 Å². The van der Waals surface area contributed by atoms with Crippen molar-refractivity contribution in [3.8, 4) is 0 Å². The molecule has 12 unspecified atom stereocenters. The molecule has 0 aromatic heterocycles. The van der Waals surface area contributed by atoms with E-state index in [4.69, 9.17) is 18.9 Å². The van der Waals surface area contributed by atoms with Gasteiger partial charge in [0.25, 0.3) is 0 Å². The van der Waals surface area contributed by atoms with E-state index < -0.39 is 86.8 Å². The molecule has 14 nitrogen and oxygen atoms in total. The molecule has 14 heteroatoms. The molecule has 2 saturated heterocycles. The Morgan fingerprint density at radius 1 is 0.587 bits per heavy atom.